The summed E-state index contributed by atoms with van der Waals surface area (Å²) in [6.45, 7) is 3.23. The number of nitrogens with zero attached hydrogens (tertiary/aromatic N) is 2. The van der Waals surface area contributed by atoms with E-state index in [0.717, 1.165) is 31.3 Å². The predicted octanol–water partition coefficient (Wildman–Crippen LogP) is 3.62. The van der Waals surface area contributed by atoms with Gasteiger partial charge >= 0.3 is 0 Å². The Kier molecular flexibility index (Phi) is 3.83. The van der Waals surface area contributed by atoms with Crippen LogP contribution in [0.25, 0.3) is 11.0 Å². The summed E-state index contributed by atoms with van der Waals surface area (Å²) >= 11 is 5.74. The van der Waals surface area contributed by atoms with E-state index < -0.39 is 0 Å². The average molecular weight is 237 g/mol. The summed E-state index contributed by atoms with van der Waals surface area (Å²) < 4.78 is 2.32. The molecule has 0 saturated carbocycles. The summed E-state index contributed by atoms with van der Waals surface area (Å²) in [5.41, 5.74) is 2.34. The minimum Gasteiger partial charge on any atom is -0.328 e. The highest BCUT2D eigenvalue weighted by atomic mass is 35.5. The van der Waals surface area contributed by atoms with Crippen LogP contribution >= 0.6 is 11.6 Å². The van der Waals surface area contributed by atoms with Crippen LogP contribution < -0.4 is 0 Å². The lowest BCUT2D eigenvalue weighted by Gasteiger charge is -2.06. The maximum absolute atomic E-state index is 5.74. The molecule has 2 aromatic rings. The average Bonchev–Trinajstić information content (AvgIpc) is 2.66. The first-order valence-electron chi connectivity index (χ1n) is 5.87. The van der Waals surface area contributed by atoms with Gasteiger partial charge in [-0.05, 0) is 25.0 Å². The highest BCUT2D eigenvalue weighted by molar-refractivity contribution is 6.17. The molecule has 1 heterocycles. The van der Waals surface area contributed by atoms with Gasteiger partial charge in [0.15, 0.2) is 0 Å². The summed E-state index contributed by atoms with van der Waals surface area (Å²) in [5.74, 6) is 1.87. The Morgan fingerprint density at radius 3 is 2.88 bits per heavy atom. The molecule has 0 aliphatic heterocycles. The Hall–Kier alpha value is -1.02. The van der Waals surface area contributed by atoms with Gasteiger partial charge in [0, 0.05) is 18.8 Å². The lowest BCUT2D eigenvalue weighted by molar-refractivity contribution is 0.647. The van der Waals surface area contributed by atoms with E-state index in [1.807, 2.05) is 6.07 Å². The minimum absolute atomic E-state index is 0.704. The van der Waals surface area contributed by atoms with Crippen molar-refractivity contribution in [2.45, 2.75) is 32.7 Å². The van der Waals surface area contributed by atoms with Crippen molar-refractivity contribution in [2.24, 2.45) is 0 Å². The van der Waals surface area contributed by atoms with Crippen molar-refractivity contribution in [3.8, 4) is 0 Å². The molecule has 0 aliphatic rings. The fraction of sp³-hybridized carbons (Fsp3) is 0.462. The summed E-state index contributed by atoms with van der Waals surface area (Å²) in [6, 6.07) is 8.33. The highest BCUT2D eigenvalue weighted by Gasteiger charge is 2.08. The van der Waals surface area contributed by atoms with Crippen LogP contribution in [0.1, 0.15) is 25.6 Å². The largest absolute Gasteiger partial charge is 0.328 e. The number of halogens is 1. The number of aromatic nitrogens is 2. The van der Waals surface area contributed by atoms with E-state index in [-0.39, 0.29) is 0 Å². The van der Waals surface area contributed by atoms with Gasteiger partial charge in [0.2, 0.25) is 0 Å². The number of imidazole rings is 1. The quantitative estimate of drug-likeness (QED) is 0.725. The topological polar surface area (TPSA) is 17.8 Å². The van der Waals surface area contributed by atoms with Crippen LogP contribution in [0.15, 0.2) is 24.3 Å². The van der Waals surface area contributed by atoms with Gasteiger partial charge in [-0.1, -0.05) is 19.1 Å². The van der Waals surface area contributed by atoms with Crippen LogP contribution in [0.2, 0.25) is 0 Å². The Labute approximate surface area is 101 Å². The molecular formula is C13H17ClN2. The van der Waals surface area contributed by atoms with Gasteiger partial charge in [-0.3, -0.25) is 0 Å². The Morgan fingerprint density at radius 1 is 1.31 bits per heavy atom. The minimum atomic E-state index is 0.704. The Balaban J connectivity index is 2.41. The first kappa shape index (κ1) is 11.5. The molecule has 0 radical (unpaired) electrons. The number of hydrogen-bond donors (Lipinski definition) is 0. The number of alkyl halides is 1. The van der Waals surface area contributed by atoms with Gasteiger partial charge in [-0.25, -0.2) is 4.98 Å². The van der Waals surface area contributed by atoms with Crippen LogP contribution in [-0.4, -0.2) is 15.4 Å². The van der Waals surface area contributed by atoms with Crippen molar-refractivity contribution in [1.29, 1.82) is 0 Å². The number of benzene rings is 1. The molecule has 0 unspecified atom stereocenters. The molecular weight excluding hydrogens is 220 g/mol. The standard InChI is InChI=1S/C13H17ClN2/c1-2-10-16-12-7-4-3-6-11(12)15-13(16)8-5-9-14/h3-4,6-7H,2,5,8-10H2,1H3. The number of hydrogen-bond acceptors (Lipinski definition) is 1. The van der Waals surface area contributed by atoms with Gasteiger partial charge in [0.05, 0.1) is 11.0 Å². The van der Waals surface area contributed by atoms with Crippen molar-refractivity contribution in [1.82, 2.24) is 9.55 Å². The fourth-order valence-electron chi connectivity index (χ4n) is 2.01. The summed E-state index contributed by atoms with van der Waals surface area (Å²) in [7, 11) is 0. The number of rotatable bonds is 5. The molecule has 86 valence electrons. The molecule has 0 aliphatic carbocycles. The van der Waals surface area contributed by atoms with Crippen LogP contribution in [-0.2, 0) is 13.0 Å². The molecule has 3 heteroatoms. The van der Waals surface area contributed by atoms with Gasteiger partial charge in [0.25, 0.3) is 0 Å². The maximum Gasteiger partial charge on any atom is 0.109 e. The lowest BCUT2D eigenvalue weighted by Crippen LogP contribution is -2.03. The Bertz CT molecular complexity index is 462. The molecule has 0 saturated heterocycles. The monoisotopic (exact) mass is 236 g/mol. The van der Waals surface area contributed by atoms with E-state index in [1.165, 1.54) is 11.3 Å². The summed E-state index contributed by atoms with van der Waals surface area (Å²) in [4.78, 5) is 4.67. The van der Waals surface area contributed by atoms with Gasteiger partial charge < -0.3 is 4.57 Å². The van der Waals surface area contributed by atoms with E-state index in [4.69, 9.17) is 11.6 Å². The second-order valence-electron chi connectivity index (χ2n) is 3.96. The Morgan fingerprint density at radius 2 is 2.12 bits per heavy atom. The van der Waals surface area contributed by atoms with Crippen molar-refractivity contribution >= 4 is 22.6 Å². The SMILES string of the molecule is CCCn1c(CCCCl)nc2ccccc21. The zero-order valence-electron chi connectivity index (χ0n) is 9.62. The molecule has 0 amide bonds. The molecule has 0 atom stereocenters. The van der Waals surface area contributed by atoms with E-state index in [9.17, 15) is 0 Å². The van der Waals surface area contributed by atoms with Crippen LogP contribution in [0, 0.1) is 0 Å². The third kappa shape index (κ3) is 2.22. The van der Waals surface area contributed by atoms with E-state index in [2.05, 4.69) is 34.7 Å². The van der Waals surface area contributed by atoms with Gasteiger partial charge in [0.1, 0.15) is 5.82 Å². The zero-order valence-corrected chi connectivity index (χ0v) is 10.4. The van der Waals surface area contributed by atoms with Crippen LogP contribution in [0.3, 0.4) is 0 Å². The van der Waals surface area contributed by atoms with Crippen LogP contribution in [0.4, 0.5) is 0 Å². The number of aryl methyl sites for hydroxylation is 2. The lowest BCUT2D eigenvalue weighted by atomic mass is 10.3. The molecule has 0 fully saturated rings. The van der Waals surface area contributed by atoms with Crippen molar-refractivity contribution in [3.05, 3.63) is 30.1 Å². The smallest absolute Gasteiger partial charge is 0.109 e. The van der Waals surface area contributed by atoms with E-state index >= 15 is 0 Å². The number of para-hydroxylation sites is 2. The van der Waals surface area contributed by atoms with E-state index in [0.29, 0.717) is 5.88 Å². The zero-order chi connectivity index (χ0) is 11.4. The van der Waals surface area contributed by atoms with Crippen molar-refractivity contribution in [3.63, 3.8) is 0 Å². The van der Waals surface area contributed by atoms with Crippen LogP contribution in [0.5, 0.6) is 0 Å². The first-order chi connectivity index (χ1) is 7.86. The second kappa shape index (κ2) is 5.35. The summed E-state index contributed by atoms with van der Waals surface area (Å²) in [6.07, 6.45) is 3.10. The second-order valence-corrected chi connectivity index (χ2v) is 4.34. The molecule has 0 N–H and O–H groups in total. The fourth-order valence-corrected chi connectivity index (χ4v) is 2.15. The van der Waals surface area contributed by atoms with Crippen molar-refractivity contribution < 1.29 is 0 Å². The molecule has 1 aromatic heterocycles. The van der Waals surface area contributed by atoms with Gasteiger partial charge in [-0.15, -0.1) is 11.6 Å². The molecule has 16 heavy (non-hydrogen) atoms. The molecule has 0 spiro atoms. The maximum atomic E-state index is 5.74. The molecule has 0 bridgehead atoms. The van der Waals surface area contributed by atoms with E-state index in [1.54, 1.807) is 0 Å². The molecule has 1 aromatic carbocycles. The third-order valence-corrected chi connectivity index (χ3v) is 2.98. The third-order valence-electron chi connectivity index (χ3n) is 2.71. The highest BCUT2D eigenvalue weighted by Crippen LogP contribution is 2.17. The predicted molar refractivity (Wildman–Crippen MR) is 69.1 cm³/mol. The molecule has 2 nitrogen and oxygen atoms in total. The van der Waals surface area contributed by atoms with Gasteiger partial charge in [-0.2, -0.15) is 0 Å². The first-order valence-corrected chi connectivity index (χ1v) is 6.40. The normalized spacial score (nSPS) is 11.1. The number of fused-ring (bicyclic) bond motifs is 1. The molecule has 2 rings (SSSR count). The summed E-state index contributed by atoms with van der Waals surface area (Å²) in [5, 5.41) is 0. The van der Waals surface area contributed by atoms with Crippen molar-refractivity contribution in [2.75, 3.05) is 5.88 Å².